The summed E-state index contributed by atoms with van der Waals surface area (Å²) in [4.78, 5) is 12.4. The number of alkyl halides is 1. The number of amidine groups is 1. The lowest BCUT2D eigenvalue weighted by Crippen LogP contribution is -2.38. The zero-order valence-electron chi connectivity index (χ0n) is 15.8. The van der Waals surface area contributed by atoms with E-state index in [9.17, 15) is 8.42 Å². The number of rotatable bonds is 5. The van der Waals surface area contributed by atoms with Gasteiger partial charge in [-0.25, -0.2) is 18.4 Å². The van der Waals surface area contributed by atoms with E-state index in [1.807, 2.05) is 24.3 Å². The van der Waals surface area contributed by atoms with E-state index in [-0.39, 0.29) is 22.5 Å². The number of nitrogens with one attached hydrogen (secondary N) is 1. The number of fused-ring (bicyclic) bond motifs is 1. The number of imidazole rings is 1. The third kappa shape index (κ3) is 4.14. The molecule has 1 aliphatic heterocycles. The molecule has 0 spiro atoms. The molecule has 2 aromatic carbocycles. The summed E-state index contributed by atoms with van der Waals surface area (Å²) >= 11 is 5.62. The van der Waals surface area contributed by atoms with Gasteiger partial charge >= 0.3 is 0 Å². The minimum atomic E-state index is -3.55. The van der Waals surface area contributed by atoms with Crippen LogP contribution in [0.4, 0.5) is 5.69 Å². The minimum Gasteiger partial charge on any atom is -0.386 e. The summed E-state index contributed by atoms with van der Waals surface area (Å²) in [6, 6.07) is 14.3. The molecule has 2 heterocycles. The van der Waals surface area contributed by atoms with Crippen LogP contribution < -0.4 is 5.73 Å². The fraction of sp³-hybridized carbons (Fsp3) is 0.300. The first-order valence-electron chi connectivity index (χ1n) is 9.41. The number of benzene rings is 2. The maximum absolute atomic E-state index is 13.0. The van der Waals surface area contributed by atoms with Crippen molar-refractivity contribution in [1.82, 2.24) is 14.3 Å². The number of piperidine rings is 1. The lowest BCUT2D eigenvalue weighted by Gasteiger charge is -2.30. The number of nitrogens with zero attached hydrogens (tertiary/aromatic N) is 3. The molecule has 1 aliphatic rings. The second-order valence-corrected chi connectivity index (χ2v) is 9.25. The SMILES string of the molecule is NC(CCl)=Nc1ccc(S(=O)(=O)N2CCC(c3nc4ccccc4[nH]3)CC2)cc1. The number of sulfonamides is 1. The summed E-state index contributed by atoms with van der Waals surface area (Å²) < 4.78 is 27.5. The van der Waals surface area contributed by atoms with Gasteiger partial charge in [0.05, 0.1) is 27.5 Å². The third-order valence-electron chi connectivity index (χ3n) is 5.13. The highest BCUT2D eigenvalue weighted by molar-refractivity contribution is 7.89. The lowest BCUT2D eigenvalue weighted by molar-refractivity contribution is 0.314. The van der Waals surface area contributed by atoms with Crippen LogP contribution in [-0.4, -0.2) is 47.5 Å². The number of nitrogens with two attached hydrogens (primary N) is 1. The number of aromatic amines is 1. The van der Waals surface area contributed by atoms with E-state index in [0.29, 0.717) is 18.8 Å². The molecule has 0 bridgehead atoms. The van der Waals surface area contributed by atoms with E-state index in [4.69, 9.17) is 17.3 Å². The van der Waals surface area contributed by atoms with E-state index in [1.54, 1.807) is 24.3 Å². The molecule has 1 aromatic heterocycles. The van der Waals surface area contributed by atoms with Gasteiger partial charge in [-0.15, -0.1) is 11.6 Å². The first kappa shape index (κ1) is 19.9. The Morgan fingerprint density at radius 2 is 1.86 bits per heavy atom. The van der Waals surface area contributed by atoms with Crippen molar-refractivity contribution < 1.29 is 8.42 Å². The van der Waals surface area contributed by atoms with Gasteiger partial charge in [-0.1, -0.05) is 12.1 Å². The monoisotopic (exact) mass is 431 g/mol. The molecule has 0 atom stereocenters. The highest BCUT2D eigenvalue weighted by atomic mass is 35.5. The Labute approximate surface area is 174 Å². The molecule has 29 heavy (non-hydrogen) atoms. The molecule has 0 radical (unpaired) electrons. The predicted octanol–water partition coefficient (Wildman–Crippen LogP) is 3.36. The van der Waals surface area contributed by atoms with E-state index in [2.05, 4.69) is 15.0 Å². The molecule has 3 N–H and O–H groups in total. The zero-order valence-corrected chi connectivity index (χ0v) is 17.3. The Bertz CT molecular complexity index is 1100. The van der Waals surface area contributed by atoms with E-state index < -0.39 is 10.0 Å². The Balaban J connectivity index is 1.45. The molecule has 1 fully saturated rings. The lowest BCUT2D eigenvalue weighted by atomic mass is 9.97. The number of hydrogen-bond acceptors (Lipinski definition) is 4. The van der Waals surface area contributed by atoms with Crippen molar-refractivity contribution in [2.45, 2.75) is 23.7 Å². The summed E-state index contributed by atoms with van der Waals surface area (Å²) in [5, 5.41) is 0. The van der Waals surface area contributed by atoms with Crippen molar-refractivity contribution in [3.05, 3.63) is 54.4 Å². The minimum absolute atomic E-state index is 0.125. The van der Waals surface area contributed by atoms with Crippen molar-refractivity contribution in [2.24, 2.45) is 10.7 Å². The van der Waals surface area contributed by atoms with Gasteiger partial charge in [0.2, 0.25) is 10.0 Å². The molecule has 152 valence electrons. The highest BCUT2D eigenvalue weighted by Crippen LogP contribution is 2.30. The summed E-state index contributed by atoms with van der Waals surface area (Å²) in [7, 11) is -3.55. The second kappa shape index (κ2) is 8.14. The van der Waals surface area contributed by atoms with Crippen molar-refractivity contribution in [3.63, 3.8) is 0 Å². The normalized spacial score (nSPS) is 17.1. The van der Waals surface area contributed by atoms with Crippen LogP contribution >= 0.6 is 11.6 Å². The number of halogens is 1. The summed E-state index contributed by atoms with van der Waals surface area (Å²) in [6.07, 6.45) is 1.46. The summed E-state index contributed by atoms with van der Waals surface area (Å²) in [6.45, 7) is 0.923. The summed E-state index contributed by atoms with van der Waals surface area (Å²) in [5.41, 5.74) is 8.14. The molecule has 0 unspecified atom stereocenters. The van der Waals surface area contributed by atoms with E-state index in [0.717, 1.165) is 29.7 Å². The number of para-hydroxylation sites is 2. The van der Waals surface area contributed by atoms with Crippen LogP contribution in [0.15, 0.2) is 58.4 Å². The predicted molar refractivity (Wildman–Crippen MR) is 115 cm³/mol. The largest absolute Gasteiger partial charge is 0.386 e. The summed E-state index contributed by atoms with van der Waals surface area (Å²) in [5.74, 6) is 1.57. The third-order valence-corrected chi connectivity index (χ3v) is 7.32. The Hall–Kier alpha value is -2.42. The van der Waals surface area contributed by atoms with Gasteiger partial charge < -0.3 is 10.7 Å². The molecule has 0 aliphatic carbocycles. The quantitative estimate of drug-likeness (QED) is 0.367. The zero-order chi connectivity index (χ0) is 20.4. The number of aromatic nitrogens is 2. The standard InChI is InChI=1S/C20H22ClN5O2S/c21-13-19(22)23-15-5-7-16(8-6-15)29(27,28)26-11-9-14(10-12-26)20-24-17-3-1-2-4-18(17)25-20/h1-8,14H,9-13H2,(H2,22,23)(H,24,25). The van der Waals surface area contributed by atoms with Crippen LogP contribution in [0.1, 0.15) is 24.6 Å². The van der Waals surface area contributed by atoms with E-state index in [1.165, 1.54) is 4.31 Å². The average Bonchev–Trinajstić information content (AvgIpc) is 3.18. The van der Waals surface area contributed by atoms with Gasteiger partial charge in [-0.05, 0) is 49.2 Å². The molecule has 9 heteroatoms. The van der Waals surface area contributed by atoms with Crippen LogP contribution in [0.3, 0.4) is 0 Å². The maximum Gasteiger partial charge on any atom is 0.243 e. The first-order valence-corrected chi connectivity index (χ1v) is 11.4. The molecule has 7 nitrogen and oxygen atoms in total. The molecular formula is C20H22ClN5O2S. The fourth-order valence-corrected chi connectivity index (χ4v) is 5.10. The van der Waals surface area contributed by atoms with Crippen molar-refractivity contribution in [3.8, 4) is 0 Å². The smallest absolute Gasteiger partial charge is 0.243 e. The van der Waals surface area contributed by atoms with E-state index >= 15 is 0 Å². The van der Waals surface area contributed by atoms with Crippen LogP contribution in [0.2, 0.25) is 0 Å². The van der Waals surface area contributed by atoms with Crippen molar-refractivity contribution >= 4 is 44.2 Å². The van der Waals surface area contributed by atoms with Crippen LogP contribution in [0, 0.1) is 0 Å². The Morgan fingerprint density at radius 3 is 2.52 bits per heavy atom. The Morgan fingerprint density at radius 1 is 1.17 bits per heavy atom. The topological polar surface area (TPSA) is 104 Å². The average molecular weight is 432 g/mol. The molecular weight excluding hydrogens is 410 g/mol. The Kier molecular flexibility index (Phi) is 5.58. The number of hydrogen-bond donors (Lipinski definition) is 2. The molecule has 1 saturated heterocycles. The second-order valence-electron chi connectivity index (χ2n) is 7.05. The van der Waals surface area contributed by atoms with Gasteiger partial charge in [0.15, 0.2) is 0 Å². The van der Waals surface area contributed by atoms with Crippen LogP contribution in [0.25, 0.3) is 11.0 Å². The van der Waals surface area contributed by atoms with Gasteiger partial charge in [-0.3, -0.25) is 0 Å². The van der Waals surface area contributed by atoms with Crippen molar-refractivity contribution in [2.75, 3.05) is 19.0 Å². The maximum atomic E-state index is 13.0. The van der Waals surface area contributed by atoms with Gasteiger partial charge in [0.1, 0.15) is 11.7 Å². The first-order chi connectivity index (χ1) is 14.0. The highest BCUT2D eigenvalue weighted by Gasteiger charge is 2.31. The number of aliphatic imine (C=N–C) groups is 1. The van der Waals surface area contributed by atoms with Crippen molar-refractivity contribution in [1.29, 1.82) is 0 Å². The fourth-order valence-electron chi connectivity index (χ4n) is 3.57. The molecule has 0 amide bonds. The van der Waals surface area contributed by atoms with Crippen LogP contribution in [0.5, 0.6) is 0 Å². The molecule has 3 aromatic rings. The number of H-pyrrole nitrogens is 1. The van der Waals surface area contributed by atoms with Gasteiger partial charge in [0.25, 0.3) is 0 Å². The molecule has 0 saturated carbocycles. The van der Waals surface area contributed by atoms with Crippen LogP contribution in [-0.2, 0) is 10.0 Å². The molecule has 4 rings (SSSR count). The van der Waals surface area contributed by atoms with Gasteiger partial charge in [0, 0.05) is 19.0 Å². The van der Waals surface area contributed by atoms with Gasteiger partial charge in [-0.2, -0.15) is 4.31 Å².